The van der Waals surface area contributed by atoms with Gasteiger partial charge in [0.05, 0.1) is 10.7 Å². The molecule has 2 atom stereocenters. The van der Waals surface area contributed by atoms with Crippen LogP contribution in [0.5, 0.6) is 0 Å². The average Bonchev–Trinajstić information content (AvgIpc) is 2.73. The summed E-state index contributed by atoms with van der Waals surface area (Å²) >= 11 is 13.5. The summed E-state index contributed by atoms with van der Waals surface area (Å²) in [6.07, 6.45) is 4.70. The highest BCUT2D eigenvalue weighted by Gasteiger charge is 2.30. The molecule has 0 bridgehead atoms. The van der Waals surface area contributed by atoms with E-state index in [1.54, 1.807) is 11.8 Å². The molecule has 0 radical (unpaired) electrons. The maximum absolute atomic E-state index is 12.4. The predicted octanol–water partition coefficient (Wildman–Crippen LogP) is 3.14. The van der Waals surface area contributed by atoms with Crippen LogP contribution in [0.4, 0.5) is 5.69 Å². The van der Waals surface area contributed by atoms with Gasteiger partial charge in [-0.25, -0.2) is 13.1 Å². The molecule has 3 N–H and O–H groups in total. The lowest BCUT2D eigenvalue weighted by Crippen LogP contribution is -2.33. The van der Waals surface area contributed by atoms with Crippen molar-refractivity contribution in [3.8, 4) is 0 Å². The fraction of sp³-hybridized carbons (Fsp3) is 0.500. The Morgan fingerprint density at radius 1 is 1.35 bits per heavy atom. The molecule has 1 aliphatic rings. The van der Waals surface area contributed by atoms with E-state index in [-0.39, 0.29) is 21.6 Å². The van der Waals surface area contributed by atoms with Crippen molar-refractivity contribution in [3.05, 3.63) is 22.2 Å². The van der Waals surface area contributed by atoms with Crippen LogP contribution < -0.4 is 10.5 Å². The standard InChI is InChI=1S/C12H16Cl2N2O2S2/c1-19-9-3-2-8(6-9)16-20(17,18)12-10(14)4-7(13)5-11(12)15/h4-5,8-9,16H,2-3,6,15H2,1H3. The zero-order valence-electron chi connectivity index (χ0n) is 10.9. The van der Waals surface area contributed by atoms with E-state index in [4.69, 9.17) is 28.9 Å². The molecule has 1 aliphatic carbocycles. The number of hydrogen-bond acceptors (Lipinski definition) is 4. The van der Waals surface area contributed by atoms with Gasteiger partial charge in [-0.15, -0.1) is 0 Å². The fourth-order valence-electron chi connectivity index (χ4n) is 2.40. The Hall–Kier alpha value is -0.140. The van der Waals surface area contributed by atoms with Gasteiger partial charge in [0, 0.05) is 16.3 Å². The maximum Gasteiger partial charge on any atom is 0.244 e. The molecule has 1 saturated carbocycles. The van der Waals surface area contributed by atoms with Gasteiger partial charge in [0.2, 0.25) is 10.0 Å². The summed E-state index contributed by atoms with van der Waals surface area (Å²) in [5.41, 5.74) is 5.81. The Kier molecular flexibility index (Phi) is 5.13. The van der Waals surface area contributed by atoms with Crippen LogP contribution in [-0.4, -0.2) is 26.0 Å². The van der Waals surface area contributed by atoms with Crippen molar-refractivity contribution in [1.29, 1.82) is 0 Å². The molecule has 0 heterocycles. The Morgan fingerprint density at radius 2 is 2.05 bits per heavy atom. The van der Waals surface area contributed by atoms with Gasteiger partial charge < -0.3 is 5.73 Å². The minimum atomic E-state index is -3.73. The average molecular weight is 355 g/mol. The first-order chi connectivity index (χ1) is 9.33. The summed E-state index contributed by atoms with van der Waals surface area (Å²) < 4.78 is 27.5. The molecule has 0 aromatic heterocycles. The Labute approximate surface area is 133 Å². The number of nitrogens with one attached hydrogen (secondary N) is 1. The van der Waals surface area contributed by atoms with Crippen molar-refractivity contribution in [2.75, 3.05) is 12.0 Å². The van der Waals surface area contributed by atoms with E-state index in [1.165, 1.54) is 12.1 Å². The third-order valence-electron chi connectivity index (χ3n) is 3.35. The quantitative estimate of drug-likeness (QED) is 0.814. The van der Waals surface area contributed by atoms with Gasteiger partial charge >= 0.3 is 0 Å². The topological polar surface area (TPSA) is 72.2 Å². The molecule has 1 aromatic carbocycles. The van der Waals surface area contributed by atoms with Gasteiger partial charge in [-0.2, -0.15) is 11.8 Å². The fourth-order valence-corrected chi connectivity index (χ4v) is 5.47. The molecular weight excluding hydrogens is 339 g/mol. The monoisotopic (exact) mass is 354 g/mol. The SMILES string of the molecule is CSC1CCC(NS(=O)(=O)c2c(N)cc(Cl)cc2Cl)C1. The zero-order valence-corrected chi connectivity index (χ0v) is 14.0. The smallest absolute Gasteiger partial charge is 0.244 e. The number of nitrogens with two attached hydrogens (primary N) is 1. The van der Waals surface area contributed by atoms with Crippen molar-refractivity contribution in [1.82, 2.24) is 4.72 Å². The van der Waals surface area contributed by atoms with E-state index in [0.29, 0.717) is 10.3 Å². The number of sulfonamides is 1. The van der Waals surface area contributed by atoms with Crippen LogP contribution in [0.3, 0.4) is 0 Å². The van der Waals surface area contributed by atoms with Crippen molar-refractivity contribution in [2.24, 2.45) is 0 Å². The van der Waals surface area contributed by atoms with Crippen molar-refractivity contribution >= 4 is 50.7 Å². The first kappa shape index (κ1) is 16.2. The Bertz CT molecular complexity index is 584. The lowest BCUT2D eigenvalue weighted by atomic mass is 10.3. The van der Waals surface area contributed by atoms with Crippen molar-refractivity contribution < 1.29 is 8.42 Å². The lowest BCUT2D eigenvalue weighted by Gasteiger charge is -2.15. The third kappa shape index (κ3) is 3.54. The summed E-state index contributed by atoms with van der Waals surface area (Å²) in [7, 11) is -3.73. The highest BCUT2D eigenvalue weighted by atomic mass is 35.5. The molecule has 4 nitrogen and oxygen atoms in total. The molecule has 20 heavy (non-hydrogen) atoms. The second-order valence-corrected chi connectivity index (χ2v) is 8.43. The van der Waals surface area contributed by atoms with E-state index >= 15 is 0 Å². The second-order valence-electron chi connectivity index (χ2n) is 4.79. The molecule has 0 amide bonds. The minimum Gasteiger partial charge on any atom is -0.398 e. The number of halogens is 2. The van der Waals surface area contributed by atoms with Crippen LogP contribution in [0.25, 0.3) is 0 Å². The first-order valence-electron chi connectivity index (χ1n) is 6.13. The molecule has 0 spiro atoms. The number of thioether (sulfide) groups is 1. The first-order valence-corrected chi connectivity index (χ1v) is 9.66. The minimum absolute atomic E-state index is 0.0434. The maximum atomic E-state index is 12.4. The predicted molar refractivity (Wildman–Crippen MR) is 86.1 cm³/mol. The van der Waals surface area contributed by atoms with E-state index in [2.05, 4.69) is 4.72 Å². The summed E-state index contributed by atoms with van der Waals surface area (Å²) in [6, 6.07) is 2.71. The van der Waals surface area contributed by atoms with E-state index in [9.17, 15) is 8.42 Å². The van der Waals surface area contributed by atoms with Gasteiger partial charge in [-0.1, -0.05) is 23.2 Å². The molecule has 8 heteroatoms. The van der Waals surface area contributed by atoms with Gasteiger partial charge in [-0.05, 0) is 37.7 Å². The number of anilines is 1. The molecule has 0 saturated heterocycles. The van der Waals surface area contributed by atoms with Crippen molar-refractivity contribution in [3.63, 3.8) is 0 Å². The van der Waals surface area contributed by atoms with E-state index in [0.717, 1.165) is 19.3 Å². The van der Waals surface area contributed by atoms with Crippen LogP contribution in [0.15, 0.2) is 17.0 Å². The zero-order chi connectivity index (χ0) is 14.9. The van der Waals surface area contributed by atoms with Crippen LogP contribution >= 0.6 is 35.0 Å². The number of benzene rings is 1. The summed E-state index contributed by atoms with van der Waals surface area (Å²) in [6.45, 7) is 0. The van der Waals surface area contributed by atoms with E-state index in [1.807, 2.05) is 6.26 Å². The third-order valence-corrected chi connectivity index (χ3v) is 6.71. The largest absolute Gasteiger partial charge is 0.398 e. The lowest BCUT2D eigenvalue weighted by molar-refractivity contribution is 0.553. The number of nitrogen functional groups attached to an aromatic ring is 1. The van der Waals surface area contributed by atoms with Gasteiger partial charge in [0.1, 0.15) is 4.90 Å². The highest BCUT2D eigenvalue weighted by Crippen LogP contribution is 2.33. The van der Waals surface area contributed by atoms with Crippen LogP contribution in [-0.2, 0) is 10.0 Å². The van der Waals surface area contributed by atoms with Crippen LogP contribution in [0, 0.1) is 0 Å². The van der Waals surface area contributed by atoms with Gasteiger partial charge in [0.15, 0.2) is 0 Å². The van der Waals surface area contributed by atoms with Crippen LogP contribution in [0.2, 0.25) is 10.0 Å². The Morgan fingerprint density at radius 3 is 2.60 bits per heavy atom. The summed E-state index contributed by atoms with van der Waals surface area (Å²) in [4.78, 5) is -0.0869. The molecule has 1 fully saturated rings. The Balaban J connectivity index is 2.24. The molecule has 112 valence electrons. The molecular formula is C12H16Cl2N2O2S2. The molecule has 2 unspecified atom stereocenters. The highest BCUT2D eigenvalue weighted by molar-refractivity contribution is 7.99. The number of rotatable bonds is 4. The summed E-state index contributed by atoms with van der Waals surface area (Å²) in [5, 5.41) is 0.859. The van der Waals surface area contributed by atoms with Gasteiger partial charge in [0.25, 0.3) is 0 Å². The van der Waals surface area contributed by atoms with Gasteiger partial charge in [-0.3, -0.25) is 0 Å². The van der Waals surface area contributed by atoms with Crippen molar-refractivity contribution in [2.45, 2.75) is 35.4 Å². The normalized spacial score (nSPS) is 23.1. The van der Waals surface area contributed by atoms with E-state index < -0.39 is 10.0 Å². The van der Waals surface area contributed by atoms with Crippen LogP contribution in [0.1, 0.15) is 19.3 Å². The number of hydrogen-bond donors (Lipinski definition) is 2. The molecule has 1 aromatic rings. The second kappa shape index (κ2) is 6.32. The molecule has 2 rings (SSSR count). The molecule has 0 aliphatic heterocycles. The summed E-state index contributed by atoms with van der Waals surface area (Å²) in [5.74, 6) is 0.